The molecule has 0 radical (unpaired) electrons. The van der Waals surface area contributed by atoms with E-state index in [1.807, 2.05) is 30.3 Å². The zero-order valence-electron chi connectivity index (χ0n) is 15.6. The minimum Gasteiger partial charge on any atom is -0.342 e. The van der Waals surface area contributed by atoms with Crippen molar-refractivity contribution in [1.29, 1.82) is 0 Å². The van der Waals surface area contributed by atoms with Crippen LogP contribution in [0.15, 0.2) is 34.9 Å². The van der Waals surface area contributed by atoms with Crippen LogP contribution in [0.25, 0.3) is 11.4 Å². The molecule has 148 valence electrons. The summed E-state index contributed by atoms with van der Waals surface area (Å²) in [6, 6.07) is 9.61. The van der Waals surface area contributed by atoms with Crippen LogP contribution >= 0.6 is 0 Å². The normalized spacial score (nSPS) is 31.3. The van der Waals surface area contributed by atoms with Crippen LogP contribution in [0.2, 0.25) is 0 Å². The molecule has 2 aromatic rings. The van der Waals surface area contributed by atoms with Gasteiger partial charge in [0, 0.05) is 31.5 Å². The number of hydrogen-bond donors (Lipinski definition) is 0. The summed E-state index contributed by atoms with van der Waals surface area (Å²) < 4.78 is 32.6. The predicted octanol–water partition coefficient (Wildman–Crippen LogP) is 4.12. The largest absolute Gasteiger partial charge is 0.342 e. The smallest absolute Gasteiger partial charge is 0.251 e. The average Bonchev–Trinajstić information content (AvgIpc) is 3.43. The molecule has 2 aliphatic carbocycles. The van der Waals surface area contributed by atoms with Gasteiger partial charge in [-0.3, -0.25) is 4.79 Å². The maximum absolute atomic E-state index is 13.5. The number of aromatic nitrogens is 2. The first kappa shape index (κ1) is 17.8. The fourth-order valence-electron chi connectivity index (χ4n) is 5.34. The number of amides is 1. The number of benzene rings is 1. The lowest BCUT2D eigenvalue weighted by Gasteiger charge is -2.36. The number of fused-ring (bicyclic) bond motifs is 2. The van der Waals surface area contributed by atoms with E-state index in [1.54, 1.807) is 4.90 Å². The summed E-state index contributed by atoms with van der Waals surface area (Å²) in [5.74, 6) is -1.29. The number of hydrogen-bond acceptors (Lipinski definition) is 4. The van der Waals surface area contributed by atoms with Gasteiger partial charge in [-0.2, -0.15) is 4.98 Å². The summed E-state index contributed by atoms with van der Waals surface area (Å²) in [6.45, 7) is 0.261. The summed E-state index contributed by atoms with van der Waals surface area (Å²) in [5, 5.41) is 4.13. The van der Waals surface area contributed by atoms with Crippen molar-refractivity contribution in [2.75, 3.05) is 13.1 Å². The van der Waals surface area contributed by atoms with E-state index in [2.05, 4.69) is 10.1 Å². The molecule has 5 nitrogen and oxygen atoms in total. The Bertz CT molecular complexity index is 860. The molecular formula is C21H23F2N3O2. The van der Waals surface area contributed by atoms with E-state index in [9.17, 15) is 13.6 Å². The Morgan fingerprint density at radius 1 is 1.11 bits per heavy atom. The Balaban J connectivity index is 1.39. The Hall–Kier alpha value is -2.31. The topological polar surface area (TPSA) is 59.2 Å². The number of carbonyl (C=O) groups is 1. The minimum atomic E-state index is -2.65. The third-order valence-corrected chi connectivity index (χ3v) is 6.77. The van der Waals surface area contributed by atoms with Gasteiger partial charge in [-0.25, -0.2) is 8.78 Å². The predicted molar refractivity (Wildman–Crippen MR) is 97.6 cm³/mol. The van der Waals surface area contributed by atoms with E-state index in [1.165, 1.54) is 0 Å². The molecule has 2 heterocycles. The molecule has 7 heteroatoms. The first-order chi connectivity index (χ1) is 13.5. The lowest BCUT2D eigenvalue weighted by atomic mass is 9.78. The summed E-state index contributed by atoms with van der Waals surface area (Å²) in [5.41, 5.74) is 0.877. The summed E-state index contributed by atoms with van der Waals surface area (Å²) in [6.07, 6.45) is 2.56. The van der Waals surface area contributed by atoms with Crippen molar-refractivity contribution in [3.05, 3.63) is 36.2 Å². The van der Waals surface area contributed by atoms with Crippen LogP contribution in [0.5, 0.6) is 0 Å². The van der Waals surface area contributed by atoms with E-state index < -0.39 is 5.92 Å². The van der Waals surface area contributed by atoms with E-state index in [4.69, 9.17) is 4.52 Å². The number of likely N-dealkylation sites (tertiary alicyclic amines) is 1. The molecule has 1 aliphatic heterocycles. The molecule has 4 atom stereocenters. The number of carbonyl (C=O) groups excluding carboxylic acids is 1. The van der Waals surface area contributed by atoms with Crippen molar-refractivity contribution in [1.82, 2.24) is 15.0 Å². The molecule has 2 saturated carbocycles. The molecule has 0 unspecified atom stereocenters. The highest BCUT2D eigenvalue weighted by molar-refractivity contribution is 5.81. The lowest BCUT2D eigenvalue weighted by Crippen LogP contribution is -2.47. The Morgan fingerprint density at radius 2 is 1.82 bits per heavy atom. The van der Waals surface area contributed by atoms with E-state index in [0.717, 1.165) is 24.8 Å². The van der Waals surface area contributed by atoms with Crippen molar-refractivity contribution < 1.29 is 18.1 Å². The van der Waals surface area contributed by atoms with Crippen LogP contribution in [-0.4, -0.2) is 40.0 Å². The van der Waals surface area contributed by atoms with Crippen LogP contribution in [0.3, 0.4) is 0 Å². The number of piperidine rings is 1. The van der Waals surface area contributed by atoms with Gasteiger partial charge in [0.05, 0.1) is 11.8 Å². The van der Waals surface area contributed by atoms with Gasteiger partial charge in [-0.1, -0.05) is 35.5 Å². The van der Waals surface area contributed by atoms with Crippen molar-refractivity contribution in [3.8, 4) is 11.4 Å². The van der Waals surface area contributed by atoms with Gasteiger partial charge in [0.25, 0.3) is 5.92 Å². The molecule has 0 spiro atoms. The second-order valence-corrected chi connectivity index (χ2v) is 8.39. The number of nitrogens with zero attached hydrogens (tertiary/aromatic N) is 3. The van der Waals surface area contributed by atoms with Crippen molar-refractivity contribution in [3.63, 3.8) is 0 Å². The number of rotatable bonds is 3. The third kappa shape index (κ3) is 3.01. The zero-order chi connectivity index (χ0) is 19.3. The Kier molecular flexibility index (Phi) is 4.21. The SMILES string of the molecule is O=C([C@H]1[C@H]2CC[C@H](C2)[C@@H]1c1nc(-c2ccccc2)no1)N1CCC(F)(F)CC1. The maximum atomic E-state index is 13.5. The first-order valence-electron chi connectivity index (χ1n) is 10.1. The first-order valence-corrected chi connectivity index (χ1v) is 10.1. The molecule has 2 bridgehead atoms. The fourth-order valence-corrected chi connectivity index (χ4v) is 5.34. The van der Waals surface area contributed by atoms with Gasteiger partial charge in [-0.15, -0.1) is 0 Å². The average molecular weight is 387 g/mol. The molecule has 5 rings (SSSR count). The number of halogens is 2. The Morgan fingerprint density at radius 3 is 2.57 bits per heavy atom. The van der Waals surface area contributed by atoms with Gasteiger partial charge in [0.1, 0.15) is 0 Å². The number of alkyl halides is 2. The highest BCUT2D eigenvalue weighted by Crippen LogP contribution is 2.57. The fraction of sp³-hybridized carbons (Fsp3) is 0.571. The van der Waals surface area contributed by atoms with Crippen molar-refractivity contribution in [2.45, 2.75) is 43.9 Å². The van der Waals surface area contributed by atoms with Crippen LogP contribution in [-0.2, 0) is 4.79 Å². The van der Waals surface area contributed by atoms with Gasteiger partial charge in [0.15, 0.2) is 0 Å². The van der Waals surface area contributed by atoms with Crippen LogP contribution in [0.4, 0.5) is 8.78 Å². The second kappa shape index (κ2) is 6.64. The maximum Gasteiger partial charge on any atom is 0.251 e. The van der Waals surface area contributed by atoms with Gasteiger partial charge in [-0.05, 0) is 31.1 Å². The molecular weight excluding hydrogens is 364 g/mol. The zero-order valence-corrected chi connectivity index (χ0v) is 15.6. The summed E-state index contributed by atoms with van der Waals surface area (Å²) >= 11 is 0. The van der Waals surface area contributed by atoms with Gasteiger partial charge < -0.3 is 9.42 Å². The van der Waals surface area contributed by atoms with Crippen LogP contribution < -0.4 is 0 Å². The van der Waals surface area contributed by atoms with E-state index in [0.29, 0.717) is 17.6 Å². The summed E-state index contributed by atoms with van der Waals surface area (Å²) in [4.78, 5) is 19.5. The van der Waals surface area contributed by atoms with E-state index in [-0.39, 0.29) is 49.6 Å². The molecule has 0 N–H and O–H groups in total. The standard InChI is InChI=1S/C21H23F2N3O2/c22-21(23)8-10-26(11-9-21)20(27)17-15-7-6-14(12-15)16(17)19-24-18(25-28-19)13-4-2-1-3-5-13/h1-5,14-17H,6-12H2/t14-,15+,16+,17+/m1/s1. The van der Waals surface area contributed by atoms with Gasteiger partial charge in [0.2, 0.25) is 17.6 Å². The quantitative estimate of drug-likeness (QED) is 0.795. The second-order valence-electron chi connectivity index (χ2n) is 8.39. The molecule has 28 heavy (non-hydrogen) atoms. The summed E-state index contributed by atoms with van der Waals surface area (Å²) in [7, 11) is 0. The molecule has 1 amide bonds. The molecule has 3 fully saturated rings. The monoisotopic (exact) mass is 387 g/mol. The Labute approximate surface area is 162 Å². The molecule has 3 aliphatic rings. The van der Waals surface area contributed by atoms with Gasteiger partial charge >= 0.3 is 0 Å². The molecule has 1 aromatic carbocycles. The van der Waals surface area contributed by atoms with E-state index >= 15 is 0 Å². The van der Waals surface area contributed by atoms with Crippen LogP contribution in [0.1, 0.15) is 43.9 Å². The third-order valence-electron chi connectivity index (χ3n) is 6.77. The minimum absolute atomic E-state index is 0.00726. The highest BCUT2D eigenvalue weighted by atomic mass is 19.3. The molecule has 1 aromatic heterocycles. The lowest BCUT2D eigenvalue weighted by molar-refractivity contribution is -0.144. The van der Waals surface area contributed by atoms with Crippen molar-refractivity contribution >= 4 is 5.91 Å². The van der Waals surface area contributed by atoms with Crippen LogP contribution in [0, 0.1) is 17.8 Å². The molecule has 1 saturated heterocycles. The van der Waals surface area contributed by atoms with Crippen molar-refractivity contribution in [2.24, 2.45) is 17.8 Å². The highest BCUT2D eigenvalue weighted by Gasteiger charge is 2.55.